The minimum Gasteiger partial charge on any atom is -0.394 e. The summed E-state index contributed by atoms with van der Waals surface area (Å²) in [4.78, 5) is 20.7. The molecule has 1 saturated heterocycles. The Kier molecular flexibility index (Phi) is 4.42. The Labute approximate surface area is 131 Å². The van der Waals surface area contributed by atoms with E-state index in [1.807, 2.05) is 13.0 Å². The van der Waals surface area contributed by atoms with Crippen LogP contribution in [-0.2, 0) is 0 Å². The summed E-state index contributed by atoms with van der Waals surface area (Å²) >= 11 is 3.09. The van der Waals surface area contributed by atoms with E-state index in [0.717, 1.165) is 34.2 Å². The van der Waals surface area contributed by atoms with Gasteiger partial charge in [-0.25, -0.2) is 4.98 Å². The van der Waals surface area contributed by atoms with E-state index < -0.39 is 0 Å². The van der Waals surface area contributed by atoms with Gasteiger partial charge >= 0.3 is 0 Å². The molecule has 0 bridgehead atoms. The van der Waals surface area contributed by atoms with Crippen molar-refractivity contribution in [1.29, 1.82) is 0 Å². The molecular weight excluding hydrogens is 306 g/mol. The Balaban J connectivity index is 1.75. The number of nitrogens with zero attached hydrogens (tertiary/aromatic N) is 2. The number of rotatable bonds is 5. The van der Waals surface area contributed by atoms with Crippen LogP contribution in [0.1, 0.15) is 35.9 Å². The number of anilines is 1. The molecule has 1 unspecified atom stereocenters. The summed E-state index contributed by atoms with van der Waals surface area (Å²) in [5, 5.41) is 13.1. The molecule has 0 aromatic carbocycles. The van der Waals surface area contributed by atoms with Crippen molar-refractivity contribution < 1.29 is 9.90 Å². The lowest BCUT2D eigenvalue weighted by molar-refractivity contribution is 0.0919. The van der Waals surface area contributed by atoms with Gasteiger partial charge in [-0.1, -0.05) is 18.3 Å². The number of hydrogen-bond donors (Lipinski definition) is 2. The second kappa shape index (κ2) is 6.29. The monoisotopic (exact) mass is 325 g/mol. The zero-order valence-corrected chi connectivity index (χ0v) is 13.6. The smallest absolute Gasteiger partial charge is 0.261 e. The molecule has 1 aliphatic heterocycles. The largest absolute Gasteiger partial charge is 0.394 e. The molecule has 1 atom stereocenters. The number of carbonyl (C=O) groups excluding carboxylic acids is 1. The number of fused-ring (bicyclic) bond motifs is 1. The SMILES string of the molecule is CCC(CO)NC(=O)c1cc2sc(N3CCCC3)nc2s1. The minimum atomic E-state index is -0.175. The van der Waals surface area contributed by atoms with E-state index in [2.05, 4.69) is 15.2 Å². The van der Waals surface area contributed by atoms with Crippen molar-refractivity contribution in [3.63, 3.8) is 0 Å². The number of carbonyl (C=O) groups is 1. The molecular formula is C14H19N3O2S2. The molecule has 21 heavy (non-hydrogen) atoms. The molecule has 5 nitrogen and oxygen atoms in total. The molecule has 0 saturated carbocycles. The lowest BCUT2D eigenvalue weighted by Crippen LogP contribution is -2.36. The highest BCUT2D eigenvalue weighted by Crippen LogP contribution is 2.35. The van der Waals surface area contributed by atoms with E-state index in [4.69, 9.17) is 5.11 Å². The molecule has 3 heterocycles. The van der Waals surface area contributed by atoms with Crippen LogP contribution in [0.25, 0.3) is 9.53 Å². The molecule has 0 radical (unpaired) electrons. The van der Waals surface area contributed by atoms with Crippen LogP contribution in [-0.4, -0.2) is 41.7 Å². The lowest BCUT2D eigenvalue weighted by Gasteiger charge is -2.13. The summed E-state index contributed by atoms with van der Waals surface area (Å²) in [6, 6.07) is 1.74. The van der Waals surface area contributed by atoms with Crippen molar-refractivity contribution in [3.05, 3.63) is 10.9 Å². The molecule has 1 aliphatic rings. The van der Waals surface area contributed by atoms with Gasteiger partial charge in [0.25, 0.3) is 5.91 Å². The van der Waals surface area contributed by atoms with Crippen LogP contribution in [0.2, 0.25) is 0 Å². The van der Waals surface area contributed by atoms with Crippen LogP contribution in [0, 0.1) is 0 Å². The fraction of sp³-hybridized carbons (Fsp3) is 0.571. The van der Waals surface area contributed by atoms with Gasteiger partial charge in [0.2, 0.25) is 0 Å². The van der Waals surface area contributed by atoms with Gasteiger partial charge in [0.1, 0.15) is 4.83 Å². The van der Waals surface area contributed by atoms with Crippen LogP contribution in [0.15, 0.2) is 6.07 Å². The number of thiophene rings is 1. The molecule has 2 aromatic heterocycles. The van der Waals surface area contributed by atoms with Crippen LogP contribution >= 0.6 is 22.7 Å². The first kappa shape index (κ1) is 14.7. The number of hydrogen-bond acceptors (Lipinski definition) is 6. The quantitative estimate of drug-likeness (QED) is 0.886. The van der Waals surface area contributed by atoms with E-state index in [-0.39, 0.29) is 18.6 Å². The van der Waals surface area contributed by atoms with E-state index >= 15 is 0 Å². The second-order valence-corrected chi connectivity index (χ2v) is 7.27. The van der Waals surface area contributed by atoms with Crippen LogP contribution in [0.4, 0.5) is 5.13 Å². The number of aliphatic hydroxyl groups excluding tert-OH is 1. The third-order valence-electron chi connectivity index (χ3n) is 3.73. The van der Waals surface area contributed by atoms with E-state index in [0.29, 0.717) is 4.88 Å². The van der Waals surface area contributed by atoms with Gasteiger partial charge in [-0.2, -0.15) is 0 Å². The normalized spacial score (nSPS) is 16.6. The molecule has 7 heteroatoms. The topological polar surface area (TPSA) is 65.5 Å². The highest BCUT2D eigenvalue weighted by atomic mass is 32.1. The molecule has 2 aromatic rings. The van der Waals surface area contributed by atoms with Gasteiger partial charge in [-0.15, -0.1) is 11.3 Å². The first-order chi connectivity index (χ1) is 10.2. The molecule has 1 amide bonds. The maximum Gasteiger partial charge on any atom is 0.261 e. The van der Waals surface area contributed by atoms with Crippen LogP contribution in [0.3, 0.4) is 0 Å². The summed E-state index contributed by atoms with van der Waals surface area (Å²) in [5.41, 5.74) is 0. The first-order valence-electron chi connectivity index (χ1n) is 7.28. The standard InChI is InChI=1S/C14H19N3O2S2/c1-2-9(8-18)15-12(19)10-7-11-13(20-10)16-14(21-11)17-5-3-4-6-17/h7,9,18H,2-6,8H2,1H3,(H,15,19). The van der Waals surface area contributed by atoms with Crippen molar-refractivity contribution in [2.75, 3.05) is 24.6 Å². The summed E-state index contributed by atoms with van der Waals surface area (Å²) < 4.78 is 1.07. The lowest BCUT2D eigenvalue weighted by atomic mass is 10.2. The predicted molar refractivity (Wildman–Crippen MR) is 87.6 cm³/mol. The summed E-state index contributed by atoms with van der Waals surface area (Å²) in [6.07, 6.45) is 3.19. The van der Waals surface area contributed by atoms with Crippen molar-refractivity contribution >= 4 is 43.2 Å². The summed E-state index contributed by atoms with van der Waals surface area (Å²) in [5.74, 6) is -0.117. The first-order valence-corrected chi connectivity index (χ1v) is 8.91. The Morgan fingerprint density at radius 2 is 2.24 bits per heavy atom. The molecule has 0 aliphatic carbocycles. The summed E-state index contributed by atoms with van der Waals surface area (Å²) in [7, 11) is 0. The second-order valence-electron chi connectivity index (χ2n) is 5.23. The average molecular weight is 325 g/mol. The maximum absolute atomic E-state index is 12.1. The number of aliphatic hydroxyl groups is 1. The average Bonchev–Trinajstić information content (AvgIpc) is 3.17. The fourth-order valence-corrected chi connectivity index (χ4v) is 4.58. The molecule has 1 fully saturated rings. The zero-order valence-electron chi connectivity index (χ0n) is 12.0. The molecule has 3 rings (SSSR count). The highest BCUT2D eigenvalue weighted by molar-refractivity contribution is 7.29. The van der Waals surface area contributed by atoms with Gasteiger partial charge in [0.15, 0.2) is 5.13 Å². The molecule has 2 N–H and O–H groups in total. The van der Waals surface area contributed by atoms with Gasteiger partial charge in [0.05, 0.1) is 22.2 Å². The van der Waals surface area contributed by atoms with Crippen molar-refractivity contribution in [2.24, 2.45) is 0 Å². The van der Waals surface area contributed by atoms with E-state index in [9.17, 15) is 4.79 Å². The van der Waals surface area contributed by atoms with Gasteiger partial charge in [-0.3, -0.25) is 4.79 Å². The third kappa shape index (κ3) is 3.04. The number of amides is 1. The van der Waals surface area contributed by atoms with Crippen LogP contribution in [0.5, 0.6) is 0 Å². The van der Waals surface area contributed by atoms with Crippen molar-refractivity contribution in [2.45, 2.75) is 32.2 Å². The maximum atomic E-state index is 12.1. The third-order valence-corrected chi connectivity index (χ3v) is 5.95. The van der Waals surface area contributed by atoms with Crippen molar-refractivity contribution in [1.82, 2.24) is 10.3 Å². The Hall–Kier alpha value is -1.18. The van der Waals surface area contributed by atoms with Gasteiger partial charge < -0.3 is 15.3 Å². The van der Waals surface area contributed by atoms with Crippen molar-refractivity contribution in [3.8, 4) is 0 Å². The van der Waals surface area contributed by atoms with Gasteiger partial charge in [-0.05, 0) is 25.3 Å². The Bertz CT molecular complexity index is 596. The number of aromatic nitrogens is 1. The summed E-state index contributed by atoms with van der Waals surface area (Å²) in [6.45, 7) is 4.09. The zero-order chi connectivity index (χ0) is 14.8. The molecule has 114 valence electrons. The fourth-order valence-electron chi connectivity index (χ4n) is 2.41. The van der Waals surface area contributed by atoms with E-state index in [1.54, 1.807) is 11.3 Å². The van der Waals surface area contributed by atoms with E-state index in [1.165, 1.54) is 24.2 Å². The Morgan fingerprint density at radius 3 is 2.86 bits per heavy atom. The highest BCUT2D eigenvalue weighted by Gasteiger charge is 2.20. The number of thiazole rings is 1. The number of nitrogens with one attached hydrogen (secondary N) is 1. The predicted octanol–water partition coefficient (Wildman–Crippen LogP) is 2.46. The van der Waals surface area contributed by atoms with Crippen LogP contribution < -0.4 is 10.2 Å². The minimum absolute atomic E-state index is 0.0284. The Morgan fingerprint density at radius 1 is 1.48 bits per heavy atom. The van der Waals surface area contributed by atoms with Gasteiger partial charge in [0, 0.05) is 13.1 Å². The molecule has 0 spiro atoms.